The second kappa shape index (κ2) is 6.34. The van der Waals surface area contributed by atoms with Gasteiger partial charge in [0, 0.05) is 5.02 Å². The highest BCUT2D eigenvalue weighted by Crippen LogP contribution is 2.53. The summed E-state index contributed by atoms with van der Waals surface area (Å²) in [5.74, 6) is 0.147. The molecule has 3 nitrogen and oxygen atoms in total. The molecule has 0 spiro atoms. The summed E-state index contributed by atoms with van der Waals surface area (Å²) in [7, 11) is 1.43. The first-order valence-electron chi connectivity index (χ1n) is 8.86. The smallest absolute Gasteiger partial charge is 0.309 e. The minimum absolute atomic E-state index is 0.196. The van der Waals surface area contributed by atoms with Gasteiger partial charge in [0.1, 0.15) is 0 Å². The zero-order valence-corrected chi connectivity index (χ0v) is 15.7. The molecular weight excluding hydrogens is 324 g/mol. The van der Waals surface area contributed by atoms with Crippen LogP contribution in [0.5, 0.6) is 0 Å². The van der Waals surface area contributed by atoms with Gasteiger partial charge < -0.3 is 9.84 Å². The minimum Gasteiger partial charge on any atom is -0.469 e. The number of carbonyl (C=O) groups is 1. The van der Waals surface area contributed by atoms with E-state index in [1.54, 1.807) is 0 Å². The van der Waals surface area contributed by atoms with Gasteiger partial charge in [-0.15, -0.1) is 0 Å². The zero-order valence-electron chi connectivity index (χ0n) is 14.9. The van der Waals surface area contributed by atoms with Crippen LogP contribution in [0.4, 0.5) is 0 Å². The Balaban J connectivity index is 2.09. The molecule has 3 rings (SSSR count). The second-order valence-corrected chi connectivity index (χ2v) is 8.38. The van der Waals surface area contributed by atoms with Crippen molar-refractivity contribution < 1.29 is 14.6 Å². The van der Waals surface area contributed by atoms with Gasteiger partial charge in [0.2, 0.25) is 0 Å². The van der Waals surface area contributed by atoms with Crippen molar-refractivity contribution in [2.24, 2.45) is 11.8 Å². The maximum absolute atomic E-state index is 12.3. The highest BCUT2D eigenvalue weighted by atomic mass is 35.5. The Bertz CT molecular complexity index is 655. The van der Waals surface area contributed by atoms with E-state index in [9.17, 15) is 9.90 Å². The van der Waals surface area contributed by atoms with Crippen molar-refractivity contribution in [2.45, 2.75) is 63.9 Å². The fourth-order valence-electron chi connectivity index (χ4n) is 5.00. The molecule has 1 aromatic carbocycles. The van der Waals surface area contributed by atoms with Gasteiger partial charge in [0.15, 0.2) is 0 Å². The standard InChI is InChI=1S/C20H27ClO3/c1-11(2)14-7-12-5-6-16-15(19(23)24-4)8-13(22)10-20(16,3)17(12)9-18(14)21/h7,9,11,13,15-16,22H,5-6,8,10H2,1-4H3/t13-,15+,16-,20-/m0/s1. The lowest BCUT2D eigenvalue weighted by Crippen LogP contribution is -2.50. The molecule has 4 heteroatoms. The first-order valence-corrected chi connectivity index (χ1v) is 9.24. The number of rotatable bonds is 2. The largest absolute Gasteiger partial charge is 0.469 e. The summed E-state index contributed by atoms with van der Waals surface area (Å²) in [5.41, 5.74) is 3.47. The number of hydrogen-bond donors (Lipinski definition) is 1. The van der Waals surface area contributed by atoms with E-state index in [4.69, 9.17) is 16.3 Å². The summed E-state index contributed by atoms with van der Waals surface area (Å²) < 4.78 is 5.02. The molecule has 0 amide bonds. The molecule has 0 heterocycles. The highest BCUT2D eigenvalue weighted by Gasteiger charge is 2.51. The van der Waals surface area contributed by atoms with Crippen LogP contribution in [0, 0.1) is 11.8 Å². The number of halogens is 1. The van der Waals surface area contributed by atoms with Crippen LogP contribution >= 0.6 is 11.6 Å². The van der Waals surface area contributed by atoms with Crippen LogP contribution in [0.25, 0.3) is 0 Å². The zero-order chi connectivity index (χ0) is 17.6. The van der Waals surface area contributed by atoms with Gasteiger partial charge in [-0.2, -0.15) is 0 Å². The van der Waals surface area contributed by atoms with Crippen LogP contribution in [0.15, 0.2) is 12.1 Å². The maximum atomic E-state index is 12.3. The third-order valence-electron chi connectivity index (χ3n) is 6.18. The first-order chi connectivity index (χ1) is 11.3. The second-order valence-electron chi connectivity index (χ2n) is 7.97. The summed E-state index contributed by atoms with van der Waals surface area (Å²) in [4.78, 5) is 12.3. The quantitative estimate of drug-likeness (QED) is 0.812. The fourth-order valence-corrected chi connectivity index (χ4v) is 5.38. The average molecular weight is 351 g/mol. The number of aryl methyl sites for hydroxylation is 1. The molecule has 1 saturated carbocycles. The molecule has 2 aliphatic carbocycles. The number of ether oxygens (including phenoxy) is 1. The van der Waals surface area contributed by atoms with E-state index in [1.807, 2.05) is 0 Å². The molecule has 4 atom stereocenters. The summed E-state index contributed by atoms with van der Waals surface area (Å²) in [5, 5.41) is 11.2. The summed E-state index contributed by atoms with van der Waals surface area (Å²) >= 11 is 6.56. The molecule has 0 aliphatic heterocycles. The highest BCUT2D eigenvalue weighted by molar-refractivity contribution is 6.31. The van der Waals surface area contributed by atoms with Crippen LogP contribution in [0.2, 0.25) is 5.02 Å². The molecule has 0 radical (unpaired) electrons. The number of hydrogen-bond acceptors (Lipinski definition) is 3. The Morgan fingerprint density at radius 3 is 2.75 bits per heavy atom. The number of fused-ring (bicyclic) bond motifs is 3. The third-order valence-corrected chi connectivity index (χ3v) is 6.51. The molecule has 1 fully saturated rings. The van der Waals surface area contributed by atoms with Crippen molar-refractivity contribution in [1.29, 1.82) is 0 Å². The number of benzene rings is 1. The number of aliphatic hydroxyl groups is 1. The predicted molar refractivity (Wildman–Crippen MR) is 95.5 cm³/mol. The van der Waals surface area contributed by atoms with Gasteiger partial charge in [0.25, 0.3) is 0 Å². The van der Waals surface area contributed by atoms with E-state index in [2.05, 4.69) is 32.9 Å². The maximum Gasteiger partial charge on any atom is 0.309 e. The average Bonchev–Trinajstić information content (AvgIpc) is 2.52. The molecule has 0 saturated heterocycles. The van der Waals surface area contributed by atoms with Crippen LogP contribution < -0.4 is 0 Å². The van der Waals surface area contributed by atoms with E-state index < -0.39 is 6.10 Å². The van der Waals surface area contributed by atoms with E-state index in [-0.39, 0.29) is 23.2 Å². The number of esters is 1. The Labute approximate surface area is 149 Å². The van der Waals surface area contributed by atoms with Gasteiger partial charge in [-0.25, -0.2) is 0 Å². The molecule has 132 valence electrons. The fraction of sp³-hybridized carbons (Fsp3) is 0.650. The number of aliphatic hydroxyl groups excluding tert-OH is 1. The third kappa shape index (κ3) is 2.76. The van der Waals surface area contributed by atoms with Gasteiger partial charge in [-0.3, -0.25) is 4.79 Å². The van der Waals surface area contributed by atoms with Gasteiger partial charge in [-0.1, -0.05) is 38.4 Å². The molecule has 2 aliphatic rings. The van der Waals surface area contributed by atoms with E-state index >= 15 is 0 Å². The topological polar surface area (TPSA) is 46.5 Å². The minimum atomic E-state index is -0.482. The van der Waals surface area contributed by atoms with Crippen molar-refractivity contribution in [2.75, 3.05) is 7.11 Å². The molecule has 1 N–H and O–H groups in total. The van der Waals surface area contributed by atoms with E-state index in [1.165, 1.54) is 23.8 Å². The molecule has 0 aromatic heterocycles. The van der Waals surface area contributed by atoms with E-state index in [0.717, 1.165) is 17.9 Å². The predicted octanol–water partition coefficient (Wildman–Crippen LogP) is 4.23. The lowest BCUT2D eigenvalue weighted by molar-refractivity contribution is -0.153. The Hall–Kier alpha value is -1.06. The lowest BCUT2D eigenvalue weighted by atomic mass is 9.54. The van der Waals surface area contributed by atoms with Crippen molar-refractivity contribution in [3.05, 3.63) is 33.8 Å². The van der Waals surface area contributed by atoms with E-state index in [0.29, 0.717) is 18.8 Å². The SMILES string of the molecule is COC(=O)[C@@H]1C[C@H](O)C[C@]2(C)c3cc(Cl)c(C(C)C)cc3CC[C@@H]12. The van der Waals surface area contributed by atoms with Crippen molar-refractivity contribution >= 4 is 17.6 Å². The normalized spacial score (nSPS) is 32.2. The summed E-state index contributed by atoms with van der Waals surface area (Å²) in [6.07, 6.45) is 2.60. The molecule has 0 bridgehead atoms. The Morgan fingerprint density at radius 2 is 2.12 bits per heavy atom. The molecular formula is C20H27ClO3. The van der Waals surface area contributed by atoms with Gasteiger partial charge in [-0.05, 0) is 65.7 Å². The Morgan fingerprint density at radius 1 is 1.42 bits per heavy atom. The van der Waals surface area contributed by atoms with Crippen molar-refractivity contribution in [3.8, 4) is 0 Å². The molecule has 1 aromatic rings. The van der Waals surface area contributed by atoms with Crippen LogP contribution in [-0.2, 0) is 21.4 Å². The van der Waals surface area contributed by atoms with Crippen molar-refractivity contribution in [1.82, 2.24) is 0 Å². The van der Waals surface area contributed by atoms with Gasteiger partial charge >= 0.3 is 5.97 Å². The number of carbonyl (C=O) groups excluding carboxylic acids is 1. The Kier molecular flexibility index (Phi) is 4.69. The molecule has 0 unspecified atom stereocenters. The summed E-state index contributed by atoms with van der Waals surface area (Å²) in [6.45, 7) is 6.48. The van der Waals surface area contributed by atoms with Gasteiger partial charge in [0.05, 0.1) is 19.1 Å². The lowest BCUT2D eigenvalue weighted by Gasteiger charge is -2.51. The van der Waals surface area contributed by atoms with Crippen LogP contribution in [-0.4, -0.2) is 24.3 Å². The number of methoxy groups -OCH3 is 1. The van der Waals surface area contributed by atoms with Crippen molar-refractivity contribution in [3.63, 3.8) is 0 Å². The molecule has 24 heavy (non-hydrogen) atoms. The monoisotopic (exact) mass is 350 g/mol. The summed E-state index contributed by atoms with van der Waals surface area (Å²) in [6, 6.07) is 4.32. The first kappa shape index (κ1) is 17.8. The van der Waals surface area contributed by atoms with Crippen LogP contribution in [0.1, 0.15) is 62.6 Å². The van der Waals surface area contributed by atoms with Crippen LogP contribution in [0.3, 0.4) is 0 Å².